The lowest BCUT2D eigenvalue weighted by atomic mass is 10.3. The third-order valence-electron chi connectivity index (χ3n) is 3.23. The van der Waals surface area contributed by atoms with E-state index in [4.69, 9.17) is 35.4 Å². The summed E-state index contributed by atoms with van der Waals surface area (Å²) in [7, 11) is 0. The number of nitrogens with zero attached hydrogens (tertiary/aromatic N) is 2. The molecule has 0 saturated heterocycles. The molecule has 1 aromatic heterocycles. The molecular weight excluding hydrogens is 457 g/mol. The van der Waals surface area contributed by atoms with Gasteiger partial charge in [-0.15, -0.1) is 10.2 Å². The molecule has 0 spiro atoms. The molecule has 132 valence electrons. The normalized spacial score (nSPS) is 10.3. The van der Waals surface area contributed by atoms with Crippen molar-refractivity contribution in [3.63, 3.8) is 0 Å². The number of aromatic nitrogens is 2. The summed E-state index contributed by atoms with van der Waals surface area (Å²) >= 11 is 20.6. The van der Waals surface area contributed by atoms with Crippen molar-refractivity contribution in [1.82, 2.24) is 10.2 Å². The smallest absolute Gasteiger partial charge is 0.175 e. The van der Waals surface area contributed by atoms with Crippen LogP contribution in [0, 0.1) is 0 Å². The summed E-state index contributed by atoms with van der Waals surface area (Å²) in [6.45, 7) is 0. The van der Waals surface area contributed by atoms with E-state index in [2.05, 4.69) is 42.1 Å². The highest BCUT2D eigenvalue weighted by Crippen LogP contribution is 2.26. The monoisotopic (exact) mass is 467 g/mol. The average Bonchev–Trinajstić information content (AvgIpc) is 2.61. The summed E-state index contributed by atoms with van der Waals surface area (Å²) in [6, 6.07) is 16.5. The van der Waals surface area contributed by atoms with Crippen LogP contribution in [0.3, 0.4) is 0 Å². The second kappa shape index (κ2) is 8.64. The van der Waals surface area contributed by atoms with Crippen molar-refractivity contribution in [2.45, 2.75) is 0 Å². The maximum absolute atomic E-state index is 6.18. The zero-order chi connectivity index (χ0) is 18.5. The third-order valence-corrected chi connectivity index (χ3v) is 4.44. The number of rotatable bonds is 4. The van der Waals surface area contributed by atoms with Crippen LogP contribution in [0.2, 0.25) is 10.2 Å². The zero-order valence-electron chi connectivity index (χ0n) is 13.1. The van der Waals surface area contributed by atoms with Gasteiger partial charge < -0.3 is 16.0 Å². The number of hydrogen-bond donors (Lipinski definition) is 3. The van der Waals surface area contributed by atoms with Gasteiger partial charge in [0, 0.05) is 15.8 Å². The highest BCUT2D eigenvalue weighted by Gasteiger charge is 2.04. The van der Waals surface area contributed by atoms with Crippen molar-refractivity contribution in [2.24, 2.45) is 0 Å². The summed E-state index contributed by atoms with van der Waals surface area (Å²) in [4.78, 5) is 0. The summed E-state index contributed by atoms with van der Waals surface area (Å²) < 4.78 is 0.903. The molecule has 0 aliphatic rings. The number of anilines is 4. The Balaban J connectivity index is 1.59. The van der Waals surface area contributed by atoms with E-state index in [1.54, 1.807) is 18.2 Å². The lowest BCUT2D eigenvalue weighted by Gasteiger charge is -2.12. The fourth-order valence-corrected chi connectivity index (χ4v) is 3.09. The van der Waals surface area contributed by atoms with E-state index in [0.717, 1.165) is 21.5 Å². The highest BCUT2D eigenvalue weighted by molar-refractivity contribution is 9.10. The number of nitrogens with one attached hydrogen (secondary N) is 3. The van der Waals surface area contributed by atoms with Crippen LogP contribution in [0.1, 0.15) is 0 Å². The van der Waals surface area contributed by atoms with Gasteiger partial charge in [-0.1, -0.05) is 39.1 Å². The average molecular weight is 469 g/mol. The van der Waals surface area contributed by atoms with Gasteiger partial charge in [-0.25, -0.2) is 0 Å². The van der Waals surface area contributed by atoms with Gasteiger partial charge in [-0.05, 0) is 66.8 Å². The van der Waals surface area contributed by atoms with Crippen molar-refractivity contribution in [3.05, 3.63) is 69.2 Å². The Morgan fingerprint density at radius 1 is 0.885 bits per heavy atom. The van der Waals surface area contributed by atoms with Crippen LogP contribution in [0.4, 0.5) is 22.9 Å². The van der Waals surface area contributed by atoms with Gasteiger partial charge in [0.05, 0.1) is 10.7 Å². The second-order valence-electron chi connectivity index (χ2n) is 5.15. The minimum Gasteiger partial charge on any atom is -0.339 e. The van der Waals surface area contributed by atoms with E-state index in [1.165, 1.54) is 0 Å². The minimum atomic E-state index is 0.349. The standard InChI is InChI=1S/C17H12BrCl2N5S/c18-10-1-6-14(13(19)9-10)23-17(26)22-12-4-2-11(3-5-12)21-16-8-7-15(20)24-25-16/h1-9H,(H,21,25)(H2,22,23,26). The lowest BCUT2D eigenvalue weighted by Crippen LogP contribution is -2.19. The Kier molecular flexibility index (Phi) is 6.26. The van der Waals surface area contributed by atoms with Crippen molar-refractivity contribution in [1.29, 1.82) is 0 Å². The van der Waals surface area contributed by atoms with E-state index < -0.39 is 0 Å². The number of hydrogen-bond acceptors (Lipinski definition) is 4. The topological polar surface area (TPSA) is 61.9 Å². The van der Waals surface area contributed by atoms with Crippen molar-refractivity contribution in [2.75, 3.05) is 16.0 Å². The molecule has 0 unspecified atom stereocenters. The molecule has 0 fully saturated rings. The molecule has 1 heterocycles. The van der Waals surface area contributed by atoms with Gasteiger partial charge in [0.2, 0.25) is 0 Å². The molecule has 0 aliphatic heterocycles. The zero-order valence-corrected chi connectivity index (χ0v) is 17.0. The van der Waals surface area contributed by atoms with Gasteiger partial charge in [0.1, 0.15) is 0 Å². The van der Waals surface area contributed by atoms with Gasteiger partial charge in [-0.2, -0.15) is 0 Å². The Labute approximate surface area is 174 Å². The first kappa shape index (κ1) is 18.8. The van der Waals surface area contributed by atoms with Gasteiger partial charge >= 0.3 is 0 Å². The van der Waals surface area contributed by atoms with Gasteiger partial charge in [0.25, 0.3) is 0 Å². The van der Waals surface area contributed by atoms with E-state index in [0.29, 0.717) is 21.1 Å². The van der Waals surface area contributed by atoms with Crippen LogP contribution < -0.4 is 16.0 Å². The molecule has 0 saturated carbocycles. The van der Waals surface area contributed by atoms with Crippen LogP contribution in [0.15, 0.2) is 59.1 Å². The summed E-state index contributed by atoms with van der Waals surface area (Å²) in [6.07, 6.45) is 0. The van der Waals surface area contributed by atoms with Crippen molar-refractivity contribution >= 4 is 79.3 Å². The van der Waals surface area contributed by atoms with Gasteiger partial charge in [0.15, 0.2) is 16.1 Å². The maximum Gasteiger partial charge on any atom is 0.175 e. The fraction of sp³-hybridized carbons (Fsp3) is 0. The van der Waals surface area contributed by atoms with E-state index in [-0.39, 0.29) is 0 Å². The molecule has 3 N–H and O–H groups in total. The Morgan fingerprint density at radius 3 is 2.27 bits per heavy atom. The van der Waals surface area contributed by atoms with Crippen molar-refractivity contribution < 1.29 is 0 Å². The lowest BCUT2D eigenvalue weighted by molar-refractivity contribution is 1.04. The molecule has 3 aromatic rings. The molecule has 2 aromatic carbocycles. The molecule has 0 radical (unpaired) electrons. The second-order valence-corrected chi connectivity index (χ2v) is 7.27. The van der Waals surface area contributed by atoms with E-state index >= 15 is 0 Å². The minimum absolute atomic E-state index is 0.349. The molecule has 26 heavy (non-hydrogen) atoms. The maximum atomic E-state index is 6.18. The SMILES string of the molecule is S=C(Nc1ccc(Nc2ccc(Cl)nn2)cc1)Nc1ccc(Br)cc1Cl. The largest absolute Gasteiger partial charge is 0.339 e. The first-order valence-electron chi connectivity index (χ1n) is 7.39. The van der Waals surface area contributed by atoms with Gasteiger partial charge in [-0.3, -0.25) is 0 Å². The molecule has 0 atom stereocenters. The summed E-state index contributed by atoms with van der Waals surface area (Å²) in [5.74, 6) is 0.608. The molecule has 0 amide bonds. The predicted molar refractivity (Wildman–Crippen MR) is 116 cm³/mol. The van der Waals surface area contributed by atoms with E-state index in [1.807, 2.05) is 36.4 Å². The summed E-state index contributed by atoms with van der Waals surface area (Å²) in [5.41, 5.74) is 2.43. The van der Waals surface area contributed by atoms with Crippen LogP contribution in [-0.4, -0.2) is 15.3 Å². The Morgan fingerprint density at radius 2 is 1.62 bits per heavy atom. The molecule has 5 nitrogen and oxygen atoms in total. The third kappa shape index (κ3) is 5.28. The molecule has 0 aliphatic carbocycles. The quantitative estimate of drug-likeness (QED) is 0.402. The van der Waals surface area contributed by atoms with Crippen LogP contribution in [0.5, 0.6) is 0 Å². The fourth-order valence-electron chi connectivity index (χ4n) is 2.04. The number of thiocarbonyl (C=S) groups is 1. The van der Waals surface area contributed by atoms with E-state index in [9.17, 15) is 0 Å². The molecule has 9 heteroatoms. The number of benzene rings is 2. The Hall–Kier alpha value is -1.93. The molecular formula is C17H12BrCl2N5S. The molecule has 0 bridgehead atoms. The summed E-state index contributed by atoms with van der Waals surface area (Å²) in [5, 5.41) is 18.4. The first-order chi connectivity index (χ1) is 12.5. The van der Waals surface area contributed by atoms with Crippen LogP contribution in [0.25, 0.3) is 0 Å². The highest BCUT2D eigenvalue weighted by atomic mass is 79.9. The first-order valence-corrected chi connectivity index (χ1v) is 9.35. The predicted octanol–water partition coefficient (Wildman–Crippen LogP) is 6.10. The number of halogens is 3. The van der Waals surface area contributed by atoms with Crippen LogP contribution in [-0.2, 0) is 0 Å². The Bertz CT molecular complexity index is 919. The molecule has 3 rings (SSSR count). The van der Waals surface area contributed by atoms with Crippen LogP contribution >= 0.6 is 51.3 Å². The van der Waals surface area contributed by atoms with Crippen molar-refractivity contribution in [3.8, 4) is 0 Å².